The van der Waals surface area contributed by atoms with Gasteiger partial charge in [-0.3, -0.25) is 4.79 Å². The van der Waals surface area contributed by atoms with Gasteiger partial charge in [0.15, 0.2) is 0 Å². The minimum Gasteiger partial charge on any atom is -0.329 e. The topological polar surface area (TPSA) is 20.3 Å². The SMILES string of the molecule is O=C(c1ccc(C(F)(F)F)cc1)N(CCBr)CC(F)(F)F. The minimum atomic E-state index is -4.58. The fourth-order valence-electron chi connectivity index (χ4n) is 1.56. The third kappa shape index (κ3) is 5.56. The molecule has 1 amide bonds. The van der Waals surface area contributed by atoms with Crippen molar-refractivity contribution >= 4 is 21.8 Å². The second kappa shape index (κ2) is 6.67. The molecule has 0 spiro atoms. The van der Waals surface area contributed by atoms with E-state index in [0.717, 1.165) is 12.1 Å². The van der Waals surface area contributed by atoms with Crippen molar-refractivity contribution in [2.45, 2.75) is 12.4 Å². The Morgan fingerprint density at radius 1 is 1.05 bits per heavy atom. The molecule has 1 rings (SSSR count). The van der Waals surface area contributed by atoms with Crippen LogP contribution in [-0.4, -0.2) is 35.4 Å². The molecule has 21 heavy (non-hydrogen) atoms. The first-order valence-electron chi connectivity index (χ1n) is 5.64. The van der Waals surface area contributed by atoms with Gasteiger partial charge in [-0.25, -0.2) is 0 Å². The van der Waals surface area contributed by atoms with Crippen LogP contribution in [-0.2, 0) is 6.18 Å². The molecule has 0 bridgehead atoms. The van der Waals surface area contributed by atoms with Gasteiger partial charge in [-0.05, 0) is 24.3 Å². The molecule has 0 N–H and O–H groups in total. The lowest BCUT2D eigenvalue weighted by atomic mass is 10.1. The normalized spacial score (nSPS) is 12.3. The summed E-state index contributed by atoms with van der Waals surface area (Å²) < 4.78 is 74.2. The Morgan fingerprint density at radius 2 is 1.57 bits per heavy atom. The molecule has 1 aromatic carbocycles. The van der Waals surface area contributed by atoms with E-state index in [1.165, 1.54) is 0 Å². The highest BCUT2D eigenvalue weighted by molar-refractivity contribution is 9.09. The summed E-state index contributed by atoms with van der Waals surface area (Å²) in [6.07, 6.45) is -9.15. The molecule has 0 atom stereocenters. The number of amides is 1. The fourth-order valence-corrected chi connectivity index (χ4v) is 1.98. The smallest absolute Gasteiger partial charge is 0.329 e. The molecule has 0 radical (unpaired) electrons. The van der Waals surface area contributed by atoms with E-state index in [-0.39, 0.29) is 17.4 Å². The van der Waals surface area contributed by atoms with Gasteiger partial charge in [0.05, 0.1) is 5.56 Å². The Morgan fingerprint density at radius 3 is 1.95 bits per heavy atom. The largest absolute Gasteiger partial charge is 0.416 e. The van der Waals surface area contributed by atoms with Crippen molar-refractivity contribution < 1.29 is 31.1 Å². The lowest BCUT2D eigenvalue weighted by Crippen LogP contribution is -2.40. The van der Waals surface area contributed by atoms with E-state index < -0.39 is 30.4 Å². The first-order valence-corrected chi connectivity index (χ1v) is 6.76. The number of benzene rings is 1. The predicted octanol–water partition coefficient (Wildman–Crippen LogP) is 4.10. The van der Waals surface area contributed by atoms with Gasteiger partial charge in [0.1, 0.15) is 6.54 Å². The van der Waals surface area contributed by atoms with Gasteiger partial charge < -0.3 is 4.90 Å². The monoisotopic (exact) mass is 377 g/mol. The average molecular weight is 378 g/mol. The summed E-state index contributed by atoms with van der Waals surface area (Å²) in [5.74, 6) is -0.972. The molecule has 0 fully saturated rings. The third-order valence-corrected chi connectivity index (χ3v) is 2.83. The number of alkyl halides is 7. The van der Waals surface area contributed by atoms with E-state index >= 15 is 0 Å². The van der Waals surface area contributed by atoms with Gasteiger partial charge in [0, 0.05) is 17.4 Å². The van der Waals surface area contributed by atoms with Crippen LogP contribution in [0.2, 0.25) is 0 Å². The minimum absolute atomic E-state index is 0.120. The Bertz CT molecular complexity index is 482. The maximum absolute atomic E-state index is 12.4. The number of hydrogen-bond acceptors (Lipinski definition) is 1. The molecule has 2 nitrogen and oxygen atoms in total. The summed E-state index contributed by atoms with van der Waals surface area (Å²) in [6.45, 7) is -1.67. The maximum atomic E-state index is 12.4. The number of nitrogens with zero attached hydrogens (tertiary/aromatic N) is 1. The zero-order valence-corrected chi connectivity index (χ0v) is 12.0. The van der Waals surface area contributed by atoms with Crippen LogP contribution >= 0.6 is 15.9 Å². The van der Waals surface area contributed by atoms with Crippen LogP contribution < -0.4 is 0 Å². The van der Waals surface area contributed by atoms with Crippen molar-refractivity contribution in [1.29, 1.82) is 0 Å². The number of carbonyl (C=O) groups is 1. The molecular weight excluding hydrogens is 368 g/mol. The highest BCUT2D eigenvalue weighted by Crippen LogP contribution is 2.29. The van der Waals surface area contributed by atoms with Crippen molar-refractivity contribution in [3.63, 3.8) is 0 Å². The molecule has 9 heteroatoms. The molecule has 118 valence electrons. The summed E-state index contributed by atoms with van der Waals surface area (Å²) >= 11 is 2.93. The van der Waals surface area contributed by atoms with E-state index in [9.17, 15) is 31.1 Å². The lowest BCUT2D eigenvalue weighted by molar-refractivity contribution is -0.140. The van der Waals surface area contributed by atoms with E-state index in [1.807, 2.05) is 0 Å². The number of hydrogen-bond donors (Lipinski definition) is 0. The molecule has 0 aromatic heterocycles. The Balaban J connectivity index is 2.94. The fraction of sp³-hybridized carbons (Fsp3) is 0.417. The number of rotatable bonds is 4. The number of halogens is 7. The summed E-state index contributed by atoms with van der Waals surface area (Å²) in [7, 11) is 0. The molecule has 0 aliphatic rings. The first kappa shape index (κ1) is 17.8. The molecule has 0 aliphatic heterocycles. The molecule has 0 aliphatic carbocycles. The average Bonchev–Trinajstić information content (AvgIpc) is 2.35. The molecule has 1 aromatic rings. The van der Waals surface area contributed by atoms with E-state index in [4.69, 9.17) is 0 Å². The Hall–Kier alpha value is -1.25. The molecule has 0 unspecified atom stereocenters. The standard InChI is InChI=1S/C12H10BrF6NO/c13-5-6-20(7-11(14,15)16)10(21)8-1-3-9(4-2-8)12(17,18)19/h1-4H,5-7H2. The van der Waals surface area contributed by atoms with Crippen LogP contribution in [0.25, 0.3) is 0 Å². The number of carbonyl (C=O) groups excluding carboxylic acids is 1. The third-order valence-electron chi connectivity index (χ3n) is 2.47. The highest BCUT2D eigenvalue weighted by atomic mass is 79.9. The Labute approximate surface area is 124 Å². The molecule has 0 saturated carbocycles. The van der Waals surface area contributed by atoms with Crippen molar-refractivity contribution in [2.24, 2.45) is 0 Å². The van der Waals surface area contributed by atoms with Crippen molar-refractivity contribution in [3.05, 3.63) is 35.4 Å². The maximum Gasteiger partial charge on any atom is 0.416 e. The van der Waals surface area contributed by atoms with Crippen LogP contribution in [0.1, 0.15) is 15.9 Å². The van der Waals surface area contributed by atoms with Crippen molar-refractivity contribution in [2.75, 3.05) is 18.4 Å². The second-order valence-electron chi connectivity index (χ2n) is 4.11. The van der Waals surface area contributed by atoms with Gasteiger partial charge >= 0.3 is 12.4 Å². The quantitative estimate of drug-likeness (QED) is 0.571. The van der Waals surface area contributed by atoms with Crippen LogP contribution in [0.4, 0.5) is 26.3 Å². The highest BCUT2D eigenvalue weighted by Gasteiger charge is 2.34. The van der Waals surface area contributed by atoms with E-state index in [2.05, 4.69) is 15.9 Å². The summed E-state index contributed by atoms with van der Waals surface area (Å²) in [5, 5.41) is 0.120. The summed E-state index contributed by atoms with van der Waals surface area (Å²) in [6, 6.07) is 3.05. The van der Waals surface area contributed by atoms with Gasteiger partial charge in [-0.15, -0.1) is 0 Å². The molecule has 0 heterocycles. The summed E-state index contributed by atoms with van der Waals surface area (Å²) in [4.78, 5) is 12.4. The first-order chi connectivity index (χ1) is 9.54. The molecular formula is C12H10BrF6NO. The zero-order valence-electron chi connectivity index (χ0n) is 10.4. The van der Waals surface area contributed by atoms with Crippen LogP contribution in [0, 0.1) is 0 Å². The molecule has 0 saturated heterocycles. The van der Waals surface area contributed by atoms with Crippen molar-refractivity contribution in [1.82, 2.24) is 4.90 Å². The zero-order chi connectivity index (χ0) is 16.3. The van der Waals surface area contributed by atoms with Gasteiger partial charge in [0.2, 0.25) is 0 Å². The Kier molecular flexibility index (Phi) is 5.66. The predicted molar refractivity (Wildman–Crippen MR) is 67.2 cm³/mol. The lowest BCUT2D eigenvalue weighted by Gasteiger charge is -2.23. The van der Waals surface area contributed by atoms with Gasteiger partial charge in [-0.2, -0.15) is 26.3 Å². The van der Waals surface area contributed by atoms with E-state index in [1.54, 1.807) is 0 Å². The van der Waals surface area contributed by atoms with Gasteiger partial charge in [-0.1, -0.05) is 15.9 Å². The second-order valence-corrected chi connectivity index (χ2v) is 4.90. The van der Waals surface area contributed by atoms with Crippen LogP contribution in [0.5, 0.6) is 0 Å². The van der Waals surface area contributed by atoms with Crippen LogP contribution in [0.3, 0.4) is 0 Å². The summed E-state index contributed by atoms with van der Waals surface area (Å²) in [5.41, 5.74) is -1.20. The van der Waals surface area contributed by atoms with Crippen molar-refractivity contribution in [3.8, 4) is 0 Å². The van der Waals surface area contributed by atoms with Crippen LogP contribution in [0.15, 0.2) is 24.3 Å². The van der Waals surface area contributed by atoms with E-state index in [0.29, 0.717) is 17.0 Å². The van der Waals surface area contributed by atoms with Gasteiger partial charge in [0.25, 0.3) is 5.91 Å².